The van der Waals surface area contributed by atoms with Gasteiger partial charge in [-0.1, -0.05) is 18.1 Å². The molecule has 2 fully saturated rings. The molecule has 6 nitrogen and oxygen atoms in total. The summed E-state index contributed by atoms with van der Waals surface area (Å²) in [6, 6.07) is 7.30. The highest BCUT2D eigenvalue weighted by atomic mass is 19.4. The molecule has 2 aliphatic carbocycles. The fourth-order valence-electron chi connectivity index (χ4n) is 7.49. The van der Waals surface area contributed by atoms with Crippen LogP contribution in [0.4, 0.5) is 13.2 Å². The van der Waals surface area contributed by atoms with Crippen molar-refractivity contribution in [3.8, 4) is 23.3 Å². The Morgan fingerprint density at radius 1 is 1.26 bits per heavy atom. The van der Waals surface area contributed by atoms with E-state index in [0.29, 0.717) is 50.1 Å². The quantitative estimate of drug-likeness (QED) is 0.462. The summed E-state index contributed by atoms with van der Waals surface area (Å²) < 4.78 is 45.0. The number of carbonyl (C=O) groups excluding carboxylic acids is 1. The number of ether oxygens (including phenoxy) is 1. The number of rotatable bonds is 3. The number of benzene rings is 2. The molecule has 1 saturated heterocycles. The number of carbonyl (C=O) groups is 1. The van der Waals surface area contributed by atoms with Crippen LogP contribution in [0, 0.1) is 11.8 Å². The van der Waals surface area contributed by atoms with E-state index in [9.17, 15) is 28.2 Å². The second-order valence-electron chi connectivity index (χ2n) is 11.0. The molecular weight excluding hydrogens is 509 g/mol. The molecule has 2 aromatic rings. The fraction of sp³-hybridized carbons (Fsp3) is 0.433. The van der Waals surface area contributed by atoms with E-state index >= 15 is 0 Å². The highest BCUT2D eigenvalue weighted by molar-refractivity contribution is 5.94. The number of aliphatic hydroxyl groups is 1. The van der Waals surface area contributed by atoms with Gasteiger partial charge in [-0.15, -0.1) is 6.58 Å². The molecule has 2 aromatic carbocycles. The zero-order valence-corrected chi connectivity index (χ0v) is 21.5. The Hall–Kier alpha value is -3.48. The van der Waals surface area contributed by atoms with Gasteiger partial charge in [0.05, 0.1) is 22.6 Å². The maximum Gasteiger partial charge on any atom is 0.416 e. The van der Waals surface area contributed by atoms with Gasteiger partial charge in [-0.3, -0.25) is 9.69 Å². The van der Waals surface area contributed by atoms with Crippen LogP contribution in [0.1, 0.15) is 41.5 Å². The van der Waals surface area contributed by atoms with E-state index in [2.05, 4.69) is 23.3 Å². The zero-order chi connectivity index (χ0) is 27.7. The van der Waals surface area contributed by atoms with E-state index in [1.165, 1.54) is 17.0 Å². The summed E-state index contributed by atoms with van der Waals surface area (Å²) in [7, 11) is 1.63. The Kier molecular flexibility index (Phi) is 5.79. The van der Waals surface area contributed by atoms with E-state index in [1.807, 2.05) is 12.1 Å². The highest BCUT2D eigenvalue weighted by Gasteiger charge is 2.73. The van der Waals surface area contributed by atoms with Crippen LogP contribution in [-0.2, 0) is 22.8 Å². The summed E-state index contributed by atoms with van der Waals surface area (Å²) in [4.78, 5) is 17.0. The second-order valence-corrected chi connectivity index (χ2v) is 11.0. The van der Waals surface area contributed by atoms with Crippen molar-refractivity contribution >= 4 is 5.91 Å². The van der Waals surface area contributed by atoms with Gasteiger partial charge >= 0.3 is 6.18 Å². The van der Waals surface area contributed by atoms with Crippen molar-refractivity contribution in [3.63, 3.8) is 0 Å². The van der Waals surface area contributed by atoms with Gasteiger partial charge in [0.2, 0.25) is 0 Å². The number of halogens is 3. The van der Waals surface area contributed by atoms with Crippen LogP contribution in [0.2, 0.25) is 0 Å². The number of amides is 1. The number of nitrogens with zero attached hydrogens (tertiary/aromatic N) is 2. The standard InChI is InChI=1S/C30H29F3N2O4/c1-3-15-35-16-14-28-25-19-7-10-22(36)26(25)39-27(28)21(12-13-29(28,38)23(35)17-19)34(2)24(37)11-6-18-4-8-20(9-5-18)30(31,32)33/h3-5,7-10,21,23,27,36,38H,1,12-17H2,2H3/t21-,23+,27-,28-,29+/m0/s1. The lowest BCUT2D eigenvalue weighted by Gasteiger charge is -2.64. The largest absolute Gasteiger partial charge is 0.504 e. The molecule has 2 bridgehead atoms. The van der Waals surface area contributed by atoms with Gasteiger partial charge in [0.25, 0.3) is 5.91 Å². The first-order valence-electron chi connectivity index (χ1n) is 13.1. The molecule has 5 atom stereocenters. The molecule has 6 rings (SSSR count). The van der Waals surface area contributed by atoms with E-state index in [0.717, 1.165) is 23.3 Å². The molecular formula is C30H29F3N2O4. The molecule has 0 radical (unpaired) electrons. The maximum absolute atomic E-state index is 13.2. The van der Waals surface area contributed by atoms with E-state index in [4.69, 9.17) is 4.74 Å². The summed E-state index contributed by atoms with van der Waals surface area (Å²) in [6.45, 7) is 5.25. The van der Waals surface area contributed by atoms with E-state index in [-0.39, 0.29) is 11.8 Å². The van der Waals surface area contributed by atoms with E-state index in [1.54, 1.807) is 13.1 Å². The van der Waals surface area contributed by atoms with E-state index < -0.39 is 40.8 Å². The van der Waals surface area contributed by atoms with Crippen LogP contribution in [0.5, 0.6) is 11.5 Å². The predicted molar refractivity (Wildman–Crippen MR) is 137 cm³/mol. The third-order valence-corrected chi connectivity index (χ3v) is 9.25. The number of phenolic OH excluding ortho intramolecular Hbond substituents is 1. The molecule has 2 heterocycles. The number of likely N-dealkylation sites (tertiary alicyclic amines) is 1. The topological polar surface area (TPSA) is 73.2 Å². The van der Waals surface area contributed by atoms with Gasteiger partial charge in [-0.2, -0.15) is 13.2 Å². The summed E-state index contributed by atoms with van der Waals surface area (Å²) in [5.74, 6) is 5.13. The zero-order valence-electron chi connectivity index (χ0n) is 21.5. The maximum atomic E-state index is 13.2. The minimum atomic E-state index is -4.45. The van der Waals surface area contributed by atoms with Crippen LogP contribution in [-0.4, -0.2) is 69.8 Å². The minimum Gasteiger partial charge on any atom is -0.504 e. The molecule has 0 unspecified atom stereocenters. The number of aromatic hydroxyl groups is 1. The van der Waals surface area contributed by atoms with Crippen molar-refractivity contribution in [1.29, 1.82) is 0 Å². The van der Waals surface area contributed by atoms with Gasteiger partial charge in [-0.05, 0) is 68.1 Å². The van der Waals surface area contributed by atoms with Gasteiger partial charge in [0.1, 0.15) is 6.10 Å². The van der Waals surface area contributed by atoms with Gasteiger partial charge in [0.15, 0.2) is 11.5 Å². The molecule has 1 spiro atoms. The predicted octanol–water partition coefficient (Wildman–Crippen LogP) is 3.63. The summed E-state index contributed by atoms with van der Waals surface area (Å²) in [6.07, 6.45) is -1.06. The first-order chi connectivity index (χ1) is 18.5. The molecule has 1 amide bonds. The van der Waals surface area contributed by atoms with Gasteiger partial charge in [0, 0.05) is 36.7 Å². The Bertz CT molecular complexity index is 1410. The molecule has 2 N–H and O–H groups in total. The molecule has 1 saturated carbocycles. The average Bonchev–Trinajstić information content (AvgIpc) is 3.25. The van der Waals surface area contributed by atoms with Crippen molar-refractivity contribution in [1.82, 2.24) is 9.80 Å². The number of phenols is 1. The molecule has 9 heteroatoms. The third-order valence-electron chi connectivity index (χ3n) is 9.25. The third kappa shape index (κ3) is 3.61. The lowest BCUT2D eigenvalue weighted by Crippen LogP contribution is -2.78. The van der Waals surface area contributed by atoms with Crippen molar-refractivity contribution in [3.05, 3.63) is 71.3 Å². The van der Waals surface area contributed by atoms with Crippen LogP contribution < -0.4 is 4.74 Å². The lowest BCUT2D eigenvalue weighted by molar-refractivity contribution is -0.197. The summed E-state index contributed by atoms with van der Waals surface area (Å²) >= 11 is 0. The number of alkyl halides is 3. The van der Waals surface area contributed by atoms with Gasteiger partial charge in [-0.25, -0.2) is 0 Å². The monoisotopic (exact) mass is 538 g/mol. The van der Waals surface area contributed by atoms with Crippen LogP contribution >= 0.6 is 0 Å². The summed E-state index contributed by atoms with van der Waals surface area (Å²) in [5.41, 5.74) is -0.510. The Morgan fingerprint density at radius 3 is 2.69 bits per heavy atom. The Morgan fingerprint density at radius 2 is 2.00 bits per heavy atom. The second kappa shape index (κ2) is 8.77. The SMILES string of the molecule is C=CCN1CC[C@]23c4c5ccc(O)c4O[C@H]2[C@@H](N(C)C(=O)C#Cc2ccc(C(F)(F)F)cc2)CC[C@@]3(O)[C@H]1C5. The lowest BCUT2D eigenvalue weighted by atomic mass is 9.48. The van der Waals surface area contributed by atoms with Crippen molar-refractivity contribution in [2.75, 3.05) is 20.1 Å². The summed E-state index contributed by atoms with van der Waals surface area (Å²) in [5, 5.41) is 23.2. The van der Waals surface area contributed by atoms with Gasteiger partial charge < -0.3 is 19.8 Å². The Labute approximate surface area is 224 Å². The fourth-order valence-corrected chi connectivity index (χ4v) is 7.49. The van der Waals surface area contributed by atoms with Crippen molar-refractivity contribution in [2.24, 2.45) is 0 Å². The average molecular weight is 539 g/mol. The Balaban J connectivity index is 1.33. The van der Waals surface area contributed by atoms with Crippen molar-refractivity contribution in [2.45, 2.75) is 61.1 Å². The highest BCUT2D eigenvalue weighted by Crippen LogP contribution is 2.65. The number of likely N-dealkylation sites (N-methyl/N-ethyl adjacent to an activating group) is 1. The molecule has 204 valence electrons. The number of piperidine rings is 1. The first-order valence-corrected chi connectivity index (χ1v) is 13.1. The number of hydrogen-bond acceptors (Lipinski definition) is 5. The van der Waals surface area contributed by atoms with Crippen LogP contribution in [0.3, 0.4) is 0 Å². The number of hydrogen-bond donors (Lipinski definition) is 2. The first kappa shape index (κ1) is 25.8. The molecule has 4 aliphatic rings. The minimum absolute atomic E-state index is 0.0154. The molecule has 2 aliphatic heterocycles. The normalized spacial score (nSPS) is 30.4. The van der Waals surface area contributed by atoms with Crippen molar-refractivity contribution < 1.29 is 32.9 Å². The molecule has 0 aromatic heterocycles. The molecule has 39 heavy (non-hydrogen) atoms. The smallest absolute Gasteiger partial charge is 0.416 e. The van der Waals surface area contributed by atoms with Crippen LogP contribution in [0.15, 0.2) is 49.1 Å². The van der Waals surface area contributed by atoms with Crippen LogP contribution in [0.25, 0.3) is 0 Å².